The van der Waals surface area contributed by atoms with Crippen LogP contribution in [0.4, 0.5) is 0 Å². The molecule has 3 heterocycles. The number of hydrogen-bond acceptors (Lipinski definition) is 4. The molecular formula is C12H18N2O3S. The van der Waals surface area contributed by atoms with Gasteiger partial charge in [0, 0.05) is 43.7 Å². The van der Waals surface area contributed by atoms with E-state index >= 15 is 0 Å². The zero-order valence-electron chi connectivity index (χ0n) is 10.5. The normalized spacial score (nSPS) is 24.5. The second kappa shape index (κ2) is 4.08. The van der Waals surface area contributed by atoms with E-state index < -0.39 is 10.0 Å². The summed E-state index contributed by atoms with van der Waals surface area (Å²) in [4.78, 5) is 2.34. The lowest BCUT2D eigenvalue weighted by Gasteiger charge is -2.48. The first-order valence-electron chi connectivity index (χ1n) is 6.16. The highest BCUT2D eigenvalue weighted by molar-refractivity contribution is 7.88. The fourth-order valence-corrected chi connectivity index (χ4v) is 4.02. The number of hydrogen-bond donors (Lipinski definition) is 0. The van der Waals surface area contributed by atoms with Crippen LogP contribution in [0.3, 0.4) is 0 Å². The van der Waals surface area contributed by atoms with Gasteiger partial charge < -0.3 is 4.42 Å². The molecule has 3 rings (SSSR count). The Kier molecular flexibility index (Phi) is 2.76. The highest BCUT2D eigenvalue weighted by atomic mass is 32.2. The number of furan rings is 1. The lowest BCUT2D eigenvalue weighted by molar-refractivity contribution is 0.00643. The maximum atomic E-state index is 11.5. The topological polar surface area (TPSA) is 53.8 Å². The van der Waals surface area contributed by atoms with E-state index in [1.54, 1.807) is 16.8 Å². The summed E-state index contributed by atoms with van der Waals surface area (Å²) in [7, 11) is -3.02. The van der Waals surface area contributed by atoms with Crippen LogP contribution >= 0.6 is 0 Å². The largest absolute Gasteiger partial charge is 0.472 e. The highest BCUT2D eigenvalue weighted by Gasteiger charge is 2.49. The van der Waals surface area contributed by atoms with E-state index in [0.717, 1.165) is 26.1 Å². The Balaban J connectivity index is 1.56. The van der Waals surface area contributed by atoms with E-state index in [2.05, 4.69) is 4.90 Å². The summed E-state index contributed by atoms with van der Waals surface area (Å²) in [5.74, 6) is 0. The molecule has 0 saturated carbocycles. The van der Waals surface area contributed by atoms with Crippen LogP contribution in [0.1, 0.15) is 12.0 Å². The minimum absolute atomic E-state index is 0.201. The van der Waals surface area contributed by atoms with Crippen molar-refractivity contribution in [3.05, 3.63) is 24.2 Å². The Morgan fingerprint density at radius 2 is 2.17 bits per heavy atom. The molecule has 0 radical (unpaired) electrons. The molecule has 2 aliphatic heterocycles. The van der Waals surface area contributed by atoms with E-state index in [0.29, 0.717) is 13.1 Å². The van der Waals surface area contributed by atoms with E-state index in [4.69, 9.17) is 4.42 Å². The number of sulfonamides is 1. The Morgan fingerprint density at radius 3 is 2.72 bits per heavy atom. The lowest BCUT2D eigenvalue weighted by Crippen LogP contribution is -2.57. The predicted octanol–water partition coefficient (Wildman–Crippen LogP) is 0.747. The molecule has 0 aromatic carbocycles. The van der Waals surface area contributed by atoms with Crippen LogP contribution in [0.5, 0.6) is 0 Å². The molecule has 0 aliphatic carbocycles. The van der Waals surface area contributed by atoms with Crippen LogP contribution in [0.25, 0.3) is 0 Å². The first kappa shape index (κ1) is 12.2. The molecule has 1 aromatic rings. The average Bonchev–Trinajstić information content (AvgIpc) is 2.83. The van der Waals surface area contributed by atoms with Crippen molar-refractivity contribution < 1.29 is 12.8 Å². The summed E-state index contributed by atoms with van der Waals surface area (Å²) in [6.45, 7) is 4.25. The third kappa shape index (κ3) is 2.20. The number of likely N-dealkylation sites (tertiary alicyclic amines) is 1. The number of nitrogens with zero attached hydrogens (tertiary/aromatic N) is 2. The van der Waals surface area contributed by atoms with E-state index in [1.165, 1.54) is 11.8 Å². The van der Waals surface area contributed by atoms with Crippen molar-refractivity contribution in [3.63, 3.8) is 0 Å². The summed E-state index contributed by atoms with van der Waals surface area (Å²) in [5.41, 5.74) is 1.38. The highest BCUT2D eigenvalue weighted by Crippen LogP contribution is 2.40. The summed E-state index contributed by atoms with van der Waals surface area (Å²) >= 11 is 0. The Hall–Kier alpha value is -0.850. The van der Waals surface area contributed by atoms with Crippen LogP contribution in [0.15, 0.2) is 23.0 Å². The molecule has 18 heavy (non-hydrogen) atoms. The average molecular weight is 270 g/mol. The Morgan fingerprint density at radius 1 is 1.39 bits per heavy atom. The van der Waals surface area contributed by atoms with Gasteiger partial charge >= 0.3 is 0 Å². The first-order valence-corrected chi connectivity index (χ1v) is 8.00. The molecule has 0 N–H and O–H groups in total. The van der Waals surface area contributed by atoms with Gasteiger partial charge in [-0.25, -0.2) is 12.7 Å². The fraction of sp³-hybridized carbons (Fsp3) is 0.667. The van der Waals surface area contributed by atoms with Crippen molar-refractivity contribution in [2.75, 3.05) is 32.4 Å². The Labute approximate surface area is 107 Å². The van der Waals surface area contributed by atoms with Crippen LogP contribution in [0.2, 0.25) is 0 Å². The first-order chi connectivity index (χ1) is 8.47. The van der Waals surface area contributed by atoms with Crippen LogP contribution < -0.4 is 0 Å². The zero-order valence-corrected chi connectivity index (χ0v) is 11.3. The molecule has 2 aliphatic rings. The minimum Gasteiger partial charge on any atom is -0.472 e. The third-order valence-corrected chi connectivity index (χ3v) is 5.23. The number of rotatable bonds is 3. The summed E-state index contributed by atoms with van der Waals surface area (Å²) in [6.07, 6.45) is 5.74. The van der Waals surface area contributed by atoms with Crippen molar-refractivity contribution in [2.24, 2.45) is 5.41 Å². The molecule has 1 spiro atoms. The Bertz CT molecular complexity index is 518. The van der Waals surface area contributed by atoms with Gasteiger partial charge in [-0.05, 0) is 12.5 Å². The second-order valence-corrected chi connectivity index (χ2v) is 7.61. The molecule has 2 saturated heterocycles. The SMILES string of the molecule is CS(=O)(=O)N1CCC2(CN(Cc3ccoc3)C2)C1. The quantitative estimate of drug-likeness (QED) is 0.813. The van der Waals surface area contributed by atoms with Gasteiger partial charge in [0.2, 0.25) is 10.0 Å². The maximum Gasteiger partial charge on any atom is 0.211 e. The summed E-state index contributed by atoms with van der Waals surface area (Å²) in [5, 5.41) is 0. The molecule has 0 unspecified atom stereocenters. The molecular weight excluding hydrogens is 252 g/mol. The van der Waals surface area contributed by atoms with Gasteiger partial charge in [-0.3, -0.25) is 4.90 Å². The molecule has 1 aromatic heterocycles. The lowest BCUT2D eigenvalue weighted by atomic mass is 9.79. The van der Waals surface area contributed by atoms with Gasteiger partial charge in [0.1, 0.15) is 0 Å². The summed E-state index contributed by atoms with van der Waals surface area (Å²) < 4.78 is 29.7. The van der Waals surface area contributed by atoms with Crippen molar-refractivity contribution in [1.29, 1.82) is 0 Å². The van der Waals surface area contributed by atoms with Gasteiger partial charge in [0.05, 0.1) is 18.8 Å². The molecule has 0 atom stereocenters. The predicted molar refractivity (Wildman–Crippen MR) is 67.5 cm³/mol. The maximum absolute atomic E-state index is 11.5. The van der Waals surface area contributed by atoms with Crippen LogP contribution in [0, 0.1) is 5.41 Å². The van der Waals surface area contributed by atoms with E-state index in [9.17, 15) is 8.42 Å². The molecule has 2 fully saturated rings. The molecule has 0 amide bonds. The van der Waals surface area contributed by atoms with Gasteiger partial charge in [-0.1, -0.05) is 0 Å². The van der Waals surface area contributed by atoms with Crippen molar-refractivity contribution >= 4 is 10.0 Å². The van der Waals surface area contributed by atoms with Crippen molar-refractivity contribution in [1.82, 2.24) is 9.21 Å². The molecule has 5 nitrogen and oxygen atoms in total. The minimum atomic E-state index is -3.02. The van der Waals surface area contributed by atoms with Crippen molar-refractivity contribution in [2.45, 2.75) is 13.0 Å². The summed E-state index contributed by atoms with van der Waals surface area (Å²) in [6, 6.07) is 1.97. The smallest absolute Gasteiger partial charge is 0.211 e. The van der Waals surface area contributed by atoms with Crippen molar-refractivity contribution in [3.8, 4) is 0 Å². The fourth-order valence-electron chi connectivity index (χ4n) is 3.09. The van der Waals surface area contributed by atoms with Gasteiger partial charge in [0.25, 0.3) is 0 Å². The van der Waals surface area contributed by atoms with Gasteiger partial charge in [-0.2, -0.15) is 0 Å². The second-order valence-electron chi connectivity index (χ2n) is 5.62. The molecule has 0 bridgehead atoms. The van der Waals surface area contributed by atoms with Gasteiger partial charge in [0.15, 0.2) is 0 Å². The molecule has 6 heteroatoms. The van der Waals surface area contributed by atoms with E-state index in [-0.39, 0.29) is 5.41 Å². The standard InChI is InChI=1S/C12H18N2O3S/c1-18(15,16)14-4-3-12(10-14)8-13(9-12)6-11-2-5-17-7-11/h2,5,7H,3-4,6,8-10H2,1H3. The van der Waals surface area contributed by atoms with Crippen LogP contribution in [-0.2, 0) is 16.6 Å². The van der Waals surface area contributed by atoms with Gasteiger partial charge in [-0.15, -0.1) is 0 Å². The van der Waals surface area contributed by atoms with E-state index in [1.807, 2.05) is 6.07 Å². The molecule has 100 valence electrons. The van der Waals surface area contributed by atoms with Crippen LogP contribution in [-0.4, -0.2) is 50.1 Å². The third-order valence-electron chi connectivity index (χ3n) is 3.98. The zero-order chi connectivity index (χ0) is 12.8. The monoisotopic (exact) mass is 270 g/mol.